The van der Waals surface area contributed by atoms with Gasteiger partial charge in [-0.2, -0.15) is 13.2 Å². The van der Waals surface area contributed by atoms with Crippen molar-refractivity contribution in [3.8, 4) is 11.3 Å². The van der Waals surface area contributed by atoms with E-state index < -0.39 is 18.3 Å². The number of hydrogen-bond acceptors (Lipinski definition) is 5. The van der Waals surface area contributed by atoms with Crippen LogP contribution in [0.25, 0.3) is 11.3 Å². The second-order valence-electron chi connectivity index (χ2n) is 8.40. The summed E-state index contributed by atoms with van der Waals surface area (Å²) in [5.74, 6) is 0.554. The van der Waals surface area contributed by atoms with Crippen molar-refractivity contribution in [2.75, 3.05) is 24.5 Å². The first-order chi connectivity index (χ1) is 16.7. The highest BCUT2D eigenvalue weighted by atomic mass is 32.1. The number of nitrogens with zero attached hydrogens (tertiary/aromatic N) is 4. The highest BCUT2D eigenvalue weighted by Crippen LogP contribution is 2.39. The maximum absolute atomic E-state index is 13.7. The Morgan fingerprint density at radius 3 is 2.49 bits per heavy atom. The van der Waals surface area contributed by atoms with Crippen molar-refractivity contribution < 1.29 is 27.5 Å². The van der Waals surface area contributed by atoms with Gasteiger partial charge < -0.3 is 10.0 Å². The molecule has 2 aromatic heterocycles. The van der Waals surface area contributed by atoms with E-state index >= 15 is 0 Å². The Morgan fingerprint density at radius 1 is 1.17 bits per heavy atom. The summed E-state index contributed by atoms with van der Waals surface area (Å²) < 4.78 is 54.3. The van der Waals surface area contributed by atoms with E-state index in [1.54, 1.807) is 12.1 Å². The predicted octanol–water partition coefficient (Wildman–Crippen LogP) is 6.23. The largest absolute Gasteiger partial charge is 0.465 e. The van der Waals surface area contributed by atoms with E-state index in [1.165, 1.54) is 23.7 Å². The third-order valence-corrected chi connectivity index (χ3v) is 6.97. The molecule has 0 radical (unpaired) electrons. The summed E-state index contributed by atoms with van der Waals surface area (Å²) >= 11 is 0.795. The number of thiazole rings is 1. The quantitative estimate of drug-likeness (QED) is 0.383. The van der Waals surface area contributed by atoms with E-state index in [9.17, 15) is 27.5 Å². The number of piperidine rings is 1. The van der Waals surface area contributed by atoms with Crippen molar-refractivity contribution in [2.45, 2.75) is 31.5 Å². The summed E-state index contributed by atoms with van der Waals surface area (Å²) in [6.45, 7) is 1.10. The molecule has 0 spiro atoms. The van der Waals surface area contributed by atoms with Gasteiger partial charge in [-0.3, -0.25) is 4.90 Å². The monoisotopic (exact) mass is 508 g/mol. The molecular weight excluding hydrogens is 484 g/mol. The van der Waals surface area contributed by atoms with Crippen molar-refractivity contribution in [2.24, 2.45) is 5.92 Å². The lowest BCUT2D eigenvalue weighted by Crippen LogP contribution is -2.43. The van der Waals surface area contributed by atoms with Gasteiger partial charge in [0.05, 0.1) is 5.69 Å². The number of halogens is 4. The van der Waals surface area contributed by atoms with E-state index in [0.29, 0.717) is 37.3 Å². The van der Waals surface area contributed by atoms with E-state index in [4.69, 9.17) is 0 Å². The van der Waals surface area contributed by atoms with E-state index in [0.717, 1.165) is 28.4 Å². The lowest BCUT2D eigenvalue weighted by molar-refractivity contribution is -0.181. The third kappa shape index (κ3) is 6.08. The first-order valence-corrected chi connectivity index (χ1v) is 12.0. The van der Waals surface area contributed by atoms with Crippen LogP contribution in [0.1, 0.15) is 30.3 Å². The van der Waals surface area contributed by atoms with Crippen LogP contribution < -0.4 is 4.90 Å². The van der Waals surface area contributed by atoms with Gasteiger partial charge in [0, 0.05) is 36.8 Å². The maximum Gasteiger partial charge on any atom is 0.415 e. The molecule has 35 heavy (non-hydrogen) atoms. The fraction of sp³-hybridized carbons (Fsp3) is 0.375. The summed E-state index contributed by atoms with van der Waals surface area (Å²) in [4.78, 5) is 22.7. The summed E-state index contributed by atoms with van der Waals surface area (Å²) in [5.41, 5.74) is 1.53. The minimum Gasteiger partial charge on any atom is -0.465 e. The minimum atomic E-state index is -4.75. The van der Waals surface area contributed by atoms with Gasteiger partial charge in [-0.15, -0.1) is 11.3 Å². The van der Waals surface area contributed by atoms with Crippen LogP contribution in [0, 0.1) is 11.7 Å². The molecule has 3 heterocycles. The molecule has 1 fully saturated rings. The Kier molecular flexibility index (Phi) is 7.54. The molecule has 186 valence electrons. The van der Waals surface area contributed by atoms with Crippen molar-refractivity contribution >= 4 is 23.2 Å². The smallest absolute Gasteiger partial charge is 0.415 e. The molecule has 1 unspecified atom stereocenters. The van der Waals surface area contributed by atoms with Crippen molar-refractivity contribution in [3.63, 3.8) is 0 Å². The maximum atomic E-state index is 13.7. The molecule has 0 bridgehead atoms. The minimum absolute atomic E-state index is 0.0959. The Morgan fingerprint density at radius 2 is 1.89 bits per heavy atom. The van der Waals surface area contributed by atoms with Crippen molar-refractivity contribution in [1.82, 2.24) is 14.9 Å². The Balaban J connectivity index is 1.37. The van der Waals surface area contributed by atoms with Gasteiger partial charge in [0.15, 0.2) is 6.04 Å². The van der Waals surface area contributed by atoms with E-state index in [1.807, 2.05) is 18.2 Å². The van der Waals surface area contributed by atoms with Crippen LogP contribution >= 0.6 is 11.3 Å². The second kappa shape index (κ2) is 10.6. The van der Waals surface area contributed by atoms with Crippen molar-refractivity contribution in [3.05, 3.63) is 64.9 Å². The summed E-state index contributed by atoms with van der Waals surface area (Å²) in [7, 11) is 0. The predicted molar refractivity (Wildman–Crippen MR) is 125 cm³/mol. The number of pyridine rings is 1. The van der Waals surface area contributed by atoms with Gasteiger partial charge in [0.1, 0.15) is 16.6 Å². The molecule has 3 aromatic rings. The first kappa shape index (κ1) is 24.9. The van der Waals surface area contributed by atoms with Crippen molar-refractivity contribution in [1.29, 1.82) is 0 Å². The van der Waals surface area contributed by atoms with Crippen LogP contribution in [-0.2, 0) is 0 Å². The zero-order valence-electron chi connectivity index (χ0n) is 18.7. The Hall–Kier alpha value is -3.21. The van der Waals surface area contributed by atoms with Gasteiger partial charge in [0.2, 0.25) is 0 Å². The summed E-state index contributed by atoms with van der Waals surface area (Å²) in [6, 6.07) is 9.46. The average Bonchev–Trinajstić information content (AvgIpc) is 3.35. The van der Waals surface area contributed by atoms with Gasteiger partial charge in [0.25, 0.3) is 0 Å². The SMILES string of the molecule is O=C(O)N(CCC1CCN(c2cccc(-c3ccc(F)cc3)n2)CC1)C(c1nccs1)C(F)(F)F. The van der Waals surface area contributed by atoms with Gasteiger partial charge in [-0.05, 0) is 61.6 Å². The first-order valence-electron chi connectivity index (χ1n) is 11.2. The molecule has 1 atom stereocenters. The zero-order valence-corrected chi connectivity index (χ0v) is 19.5. The molecule has 0 saturated carbocycles. The van der Waals surface area contributed by atoms with Crippen LogP contribution in [0.4, 0.5) is 28.2 Å². The summed E-state index contributed by atoms with van der Waals surface area (Å²) in [5, 5.41) is 10.7. The molecule has 1 aliphatic heterocycles. The zero-order chi connectivity index (χ0) is 25.0. The lowest BCUT2D eigenvalue weighted by atomic mass is 9.93. The van der Waals surface area contributed by atoms with Crippen LogP contribution in [0.15, 0.2) is 54.0 Å². The molecule has 0 aliphatic carbocycles. The van der Waals surface area contributed by atoms with Gasteiger partial charge in [-0.1, -0.05) is 6.07 Å². The van der Waals surface area contributed by atoms with Crippen LogP contribution in [0.3, 0.4) is 0 Å². The number of amides is 1. The third-order valence-electron chi connectivity index (χ3n) is 6.14. The molecule has 1 amide bonds. The van der Waals surface area contributed by atoms with Crippen LogP contribution in [-0.4, -0.2) is 51.9 Å². The average molecular weight is 509 g/mol. The standard InChI is InChI=1S/C24H24F4N4O2S/c25-18-6-4-17(5-7-18)19-2-1-3-20(30-19)31-12-8-16(9-13-31)10-14-32(23(33)34)21(24(26,27)28)22-29-11-15-35-22/h1-7,11,15-16,21H,8-10,12-14H2,(H,33,34). The highest BCUT2D eigenvalue weighted by molar-refractivity contribution is 7.09. The molecule has 1 aliphatic rings. The molecule has 1 N–H and O–H groups in total. The molecular formula is C24H24F4N4O2S. The number of benzene rings is 1. The number of carboxylic acid groups (broad SMARTS) is 1. The lowest BCUT2D eigenvalue weighted by Gasteiger charge is -2.35. The second-order valence-corrected chi connectivity index (χ2v) is 9.32. The molecule has 1 aromatic carbocycles. The van der Waals surface area contributed by atoms with Gasteiger partial charge in [-0.25, -0.2) is 19.2 Å². The molecule has 11 heteroatoms. The molecule has 4 rings (SSSR count). The number of anilines is 1. The number of carbonyl (C=O) groups is 1. The van der Waals surface area contributed by atoms with E-state index in [-0.39, 0.29) is 23.3 Å². The number of hydrogen-bond donors (Lipinski definition) is 1. The molecule has 1 saturated heterocycles. The van der Waals surface area contributed by atoms with Gasteiger partial charge >= 0.3 is 12.3 Å². The normalized spacial score (nSPS) is 15.7. The molecule has 6 nitrogen and oxygen atoms in total. The topological polar surface area (TPSA) is 69.6 Å². The fourth-order valence-electron chi connectivity index (χ4n) is 4.31. The van der Waals surface area contributed by atoms with Crippen LogP contribution in [0.2, 0.25) is 0 Å². The Bertz CT molecular complexity index is 1120. The number of alkyl halides is 3. The number of rotatable bonds is 7. The Labute approximate surface area is 203 Å². The number of aromatic nitrogens is 2. The van der Waals surface area contributed by atoms with E-state index in [2.05, 4.69) is 14.9 Å². The highest BCUT2D eigenvalue weighted by Gasteiger charge is 2.48. The van der Waals surface area contributed by atoms with Crippen LogP contribution in [0.5, 0.6) is 0 Å². The fourth-order valence-corrected chi connectivity index (χ4v) is 5.08. The summed E-state index contributed by atoms with van der Waals surface area (Å²) in [6.07, 6.45) is -3.36.